The maximum absolute atomic E-state index is 13.6. The molecule has 11 heteroatoms. The van der Waals surface area contributed by atoms with Crippen LogP contribution in [0.5, 0.6) is 0 Å². The lowest BCUT2D eigenvalue weighted by atomic mass is 9.85. The Morgan fingerprint density at radius 1 is 1.17 bits per heavy atom. The Morgan fingerprint density at radius 3 is 2.60 bits per heavy atom. The number of carbonyl (C=O) groups is 2. The van der Waals surface area contributed by atoms with Crippen LogP contribution in [0.15, 0.2) is 28.1 Å². The van der Waals surface area contributed by atoms with Gasteiger partial charge in [0.25, 0.3) is 0 Å². The van der Waals surface area contributed by atoms with Gasteiger partial charge in [0.05, 0.1) is 4.90 Å². The van der Waals surface area contributed by atoms with E-state index < -0.39 is 33.9 Å². The molecular formula is C24H38N6O4S. The maximum atomic E-state index is 13.6. The Kier molecular flexibility index (Phi) is 8.76. The van der Waals surface area contributed by atoms with Crippen LogP contribution in [-0.2, 0) is 32.5 Å². The van der Waals surface area contributed by atoms with Crippen LogP contribution in [0.25, 0.3) is 0 Å². The average Bonchev–Trinajstić information content (AvgIpc) is 2.79. The molecule has 2 amide bonds. The van der Waals surface area contributed by atoms with Crippen molar-refractivity contribution in [3.63, 3.8) is 0 Å². The topological polar surface area (TPSA) is 174 Å². The maximum Gasteiger partial charge on any atom is 0.241 e. The number of piperidine rings is 1. The van der Waals surface area contributed by atoms with Gasteiger partial charge in [0.1, 0.15) is 12.1 Å². The third kappa shape index (κ3) is 6.72. The second-order valence-corrected chi connectivity index (χ2v) is 11.6. The van der Waals surface area contributed by atoms with Crippen molar-refractivity contribution < 1.29 is 18.0 Å². The van der Waals surface area contributed by atoms with Gasteiger partial charge in [0.2, 0.25) is 21.8 Å². The van der Waals surface area contributed by atoms with Crippen LogP contribution in [0.1, 0.15) is 57.1 Å². The zero-order valence-electron chi connectivity index (χ0n) is 20.6. The Morgan fingerprint density at radius 2 is 1.91 bits per heavy atom. The van der Waals surface area contributed by atoms with E-state index in [4.69, 9.17) is 17.2 Å². The number of hydrogen-bond donors (Lipinski definition) is 4. The largest absolute Gasteiger partial charge is 0.370 e. The zero-order chi connectivity index (χ0) is 25.8. The van der Waals surface area contributed by atoms with Crippen molar-refractivity contribution in [2.45, 2.75) is 75.8 Å². The van der Waals surface area contributed by atoms with Crippen molar-refractivity contribution in [2.75, 3.05) is 13.1 Å². The Labute approximate surface area is 207 Å². The average molecular weight is 507 g/mol. The molecule has 0 radical (unpaired) electrons. The summed E-state index contributed by atoms with van der Waals surface area (Å²) < 4.78 is 29.7. The minimum absolute atomic E-state index is 0.0718. The number of hydrogen-bond acceptors (Lipinski definition) is 5. The molecule has 1 saturated heterocycles. The summed E-state index contributed by atoms with van der Waals surface area (Å²) in [5, 5.41) is 0. The number of guanidine groups is 1. The summed E-state index contributed by atoms with van der Waals surface area (Å²) in [6.07, 6.45) is 4.14. The molecular weight excluding hydrogens is 468 g/mol. The number of nitrogens with two attached hydrogens (primary N) is 3. The molecule has 7 N–H and O–H groups in total. The minimum atomic E-state index is -4.00. The van der Waals surface area contributed by atoms with Crippen molar-refractivity contribution in [3.8, 4) is 0 Å². The first-order chi connectivity index (χ1) is 16.5. The molecule has 3 rings (SSSR count). The fraction of sp³-hybridized carbons (Fsp3) is 0.625. The molecule has 0 unspecified atom stereocenters. The van der Waals surface area contributed by atoms with Crippen molar-refractivity contribution in [1.29, 1.82) is 0 Å². The third-order valence-corrected chi connectivity index (χ3v) is 8.55. The van der Waals surface area contributed by atoms with E-state index in [-0.39, 0.29) is 29.7 Å². The number of aliphatic imine (C=N–C) groups is 1. The van der Waals surface area contributed by atoms with Crippen LogP contribution in [0.2, 0.25) is 0 Å². The van der Waals surface area contributed by atoms with E-state index in [1.165, 1.54) is 4.90 Å². The van der Waals surface area contributed by atoms with Gasteiger partial charge in [0, 0.05) is 13.1 Å². The summed E-state index contributed by atoms with van der Waals surface area (Å²) in [6.45, 7) is 4.76. The third-order valence-electron chi connectivity index (χ3n) is 6.99. The van der Waals surface area contributed by atoms with Gasteiger partial charge in [-0.1, -0.05) is 26.0 Å². The molecule has 2 aliphatic rings. The standard InChI is InChI=1S/C24H38N6O4S/c1-15-8-9-18-17(13-15)5-3-7-21(18)35(33,34)29-19(6-4-11-28-24(26)27)23(32)30-12-10-16(2)14-20(30)22(25)31/h3,5,7,15-16,19-20,29H,4,6,8-14H2,1-2H3,(H2,25,31)(H4,26,27,28)/t15-,16-,19+,20-/m1/s1. The predicted octanol–water partition coefficient (Wildman–Crippen LogP) is 0.624. The van der Waals surface area contributed by atoms with Crippen LogP contribution < -0.4 is 21.9 Å². The number of carbonyl (C=O) groups excluding carboxylic acids is 2. The number of amides is 2. The van der Waals surface area contributed by atoms with Gasteiger partial charge >= 0.3 is 0 Å². The number of fused-ring (bicyclic) bond motifs is 1. The molecule has 1 aliphatic heterocycles. The molecule has 0 aromatic heterocycles. The van der Waals surface area contributed by atoms with Crippen molar-refractivity contribution in [1.82, 2.24) is 9.62 Å². The second-order valence-electron chi connectivity index (χ2n) is 9.94. The van der Waals surface area contributed by atoms with Gasteiger partial charge in [-0.3, -0.25) is 14.6 Å². The van der Waals surface area contributed by atoms with E-state index in [9.17, 15) is 18.0 Å². The number of sulfonamides is 1. The van der Waals surface area contributed by atoms with Crippen LogP contribution in [-0.4, -0.2) is 56.3 Å². The SMILES string of the molecule is C[C@@H]1CCc2c(cccc2S(=O)(=O)N[C@@H](CCCN=C(N)N)C(=O)N2CC[C@@H](C)C[C@@H]2C(N)=O)C1. The summed E-state index contributed by atoms with van der Waals surface area (Å²) in [6, 6.07) is 3.47. The molecule has 35 heavy (non-hydrogen) atoms. The van der Waals surface area contributed by atoms with Crippen LogP contribution in [0, 0.1) is 11.8 Å². The van der Waals surface area contributed by atoms with Gasteiger partial charge < -0.3 is 22.1 Å². The summed E-state index contributed by atoms with van der Waals surface area (Å²) in [5.41, 5.74) is 18.2. The molecule has 1 aromatic rings. The van der Waals surface area contributed by atoms with Crippen LogP contribution >= 0.6 is 0 Å². The molecule has 1 aromatic carbocycles. The van der Waals surface area contributed by atoms with Crippen molar-refractivity contribution >= 4 is 27.8 Å². The predicted molar refractivity (Wildman–Crippen MR) is 135 cm³/mol. The first-order valence-electron chi connectivity index (χ1n) is 12.3. The molecule has 0 spiro atoms. The fourth-order valence-corrected chi connectivity index (χ4v) is 6.60. The van der Waals surface area contributed by atoms with E-state index in [0.717, 1.165) is 24.0 Å². The van der Waals surface area contributed by atoms with Gasteiger partial charge in [0.15, 0.2) is 5.96 Å². The van der Waals surface area contributed by atoms with Gasteiger partial charge in [-0.25, -0.2) is 8.42 Å². The first kappa shape index (κ1) is 26.9. The van der Waals surface area contributed by atoms with Gasteiger partial charge in [-0.2, -0.15) is 4.72 Å². The van der Waals surface area contributed by atoms with Crippen molar-refractivity contribution in [3.05, 3.63) is 29.3 Å². The minimum Gasteiger partial charge on any atom is -0.370 e. The first-order valence-corrected chi connectivity index (χ1v) is 13.8. The lowest BCUT2D eigenvalue weighted by molar-refractivity contribution is -0.143. The van der Waals surface area contributed by atoms with E-state index in [1.807, 2.05) is 13.0 Å². The Hall–Kier alpha value is -2.66. The summed E-state index contributed by atoms with van der Waals surface area (Å²) in [7, 11) is -4.00. The molecule has 0 bridgehead atoms. The lowest BCUT2D eigenvalue weighted by Gasteiger charge is -2.38. The number of primary amides is 1. The monoisotopic (exact) mass is 506 g/mol. The highest BCUT2D eigenvalue weighted by Gasteiger charge is 2.38. The normalized spacial score (nSPS) is 23.3. The highest BCUT2D eigenvalue weighted by Crippen LogP contribution is 2.31. The molecule has 0 saturated carbocycles. The molecule has 10 nitrogen and oxygen atoms in total. The quantitative estimate of drug-likeness (QED) is 0.217. The zero-order valence-corrected chi connectivity index (χ0v) is 21.4. The number of rotatable bonds is 9. The number of nitrogens with zero attached hydrogens (tertiary/aromatic N) is 2. The van der Waals surface area contributed by atoms with E-state index in [1.54, 1.807) is 12.1 Å². The van der Waals surface area contributed by atoms with E-state index >= 15 is 0 Å². The summed E-state index contributed by atoms with van der Waals surface area (Å²) >= 11 is 0. The van der Waals surface area contributed by atoms with Crippen LogP contribution in [0.4, 0.5) is 0 Å². The van der Waals surface area contributed by atoms with E-state index in [2.05, 4.69) is 16.6 Å². The van der Waals surface area contributed by atoms with Gasteiger partial charge in [-0.15, -0.1) is 0 Å². The molecule has 4 atom stereocenters. The smallest absolute Gasteiger partial charge is 0.241 e. The number of likely N-dealkylation sites (tertiary alicyclic amines) is 1. The molecule has 1 heterocycles. The highest BCUT2D eigenvalue weighted by molar-refractivity contribution is 7.89. The second kappa shape index (κ2) is 11.4. The number of nitrogens with one attached hydrogen (secondary N) is 1. The van der Waals surface area contributed by atoms with Crippen LogP contribution in [0.3, 0.4) is 0 Å². The lowest BCUT2D eigenvalue weighted by Crippen LogP contribution is -2.57. The fourth-order valence-electron chi connectivity index (χ4n) is 5.07. The molecule has 194 valence electrons. The van der Waals surface area contributed by atoms with E-state index in [0.29, 0.717) is 38.1 Å². The molecule has 1 fully saturated rings. The van der Waals surface area contributed by atoms with Crippen molar-refractivity contribution in [2.24, 2.45) is 34.0 Å². The summed E-state index contributed by atoms with van der Waals surface area (Å²) in [5.74, 6) is -0.375. The molecule has 1 aliphatic carbocycles. The van der Waals surface area contributed by atoms with Gasteiger partial charge in [-0.05, 0) is 74.0 Å². The highest BCUT2D eigenvalue weighted by atomic mass is 32.2. The Bertz CT molecular complexity index is 1070. The summed E-state index contributed by atoms with van der Waals surface area (Å²) in [4.78, 5) is 31.3. The Balaban J connectivity index is 1.88. The number of benzene rings is 1.